The molecule has 0 saturated carbocycles. The average Bonchev–Trinajstić information content (AvgIpc) is 2.37. The third-order valence-electron chi connectivity index (χ3n) is 2.72. The van der Waals surface area contributed by atoms with Gasteiger partial charge in [0.25, 0.3) is 5.69 Å². The summed E-state index contributed by atoms with van der Waals surface area (Å²) >= 11 is 3.40. The summed E-state index contributed by atoms with van der Waals surface area (Å²) in [5.41, 5.74) is 2.58. The Morgan fingerprint density at radius 3 is 2.74 bits per heavy atom. The van der Waals surface area contributed by atoms with Crippen molar-refractivity contribution < 1.29 is 4.92 Å². The summed E-state index contributed by atoms with van der Waals surface area (Å²) in [6.07, 6.45) is 0. The lowest BCUT2D eigenvalue weighted by atomic mass is 10.1. The van der Waals surface area contributed by atoms with Crippen LogP contribution in [0, 0.1) is 17.0 Å². The largest absolute Gasteiger partial charge is 0.375 e. The van der Waals surface area contributed by atoms with E-state index in [0.29, 0.717) is 12.2 Å². The Morgan fingerprint density at radius 1 is 1.26 bits per heavy atom. The number of nitro groups is 1. The molecule has 0 heterocycles. The van der Waals surface area contributed by atoms with Gasteiger partial charge in [-0.2, -0.15) is 0 Å². The molecule has 0 aliphatic rings. The molecule has 98 valence electrons. The van der Waals surface area contributed by atoms with Gasteiger partial charge in [0.2, 0.25) is 0 Å². The van der Waals surface area contributed by atoms with Crippen LogP contribution in [0.25, 0.3) is 0 Å². The van der Waals surface area contributed by atoms with E-state index in [4.69, 9.17) is 0 Å². The van der Waals surface area contributed by atoms with Gasteiger partial charge in [-0.15, -0.1) is 0 Å². The lowest BCUT2D eigenvalue weighted by molar-refractivity contribution is -0.384. The van der Waals surface area contributed by atoms with E-state index in [-0.39, 0.29) is 10.6 Å². The first-order chi connectivity index (χ1) is 9.06. The van der Waals surface area contributed by atoms with E-state index in [1.165, 1.54) is 0 Å². The van der Waals surface area contributed by atoms with Crippen molar-refractivity contribution in [2.75, 3.05) is 5.32 Å². The molecule has 0 saturated heterocycles. The number of hydrogen-bond donors (Lipinski definition) is 1. The van der Waals surface area contributed by atoms with Gasteiger partial charge in [-0.25, -0.2) is 0 Å². The van der Waals surface area contributed by atoms with Gasteiger partial charge in [-0.1, -0.05) is 34.1 Å². The molecule has 0 unspecified atom stereocenters. The highest BCUT2D eigenvalue weighted by Crippen LogP contribution is 2.26. The van der Waals surface area contributed by atoms with Gasteiger partial charge in [0.15, 0.2) is 0 Å². The molecule has 0 bridgehead atoms. The molecule has 1 N–H and O–H groups in total. The molecule has 0 atom stereocenters. The van der Waals surface area contributed by atoms with Crippen molar-refractivity contribution in [3.63, 3.8) is 0 Å². The number of benzene rings is 2. The molecule has 0 fully saturated rings. The van der Waals surface area contributed by atoms with E-state index in [0.717, 1.165) is 15.6 Å². The van der Waals surface area contributed by atoms with Crippen LogP contribution >= 0.6 is 15.9 Å². The van der Waals surface area contributed by atoms with Gasteiger partial charge in [-0.3, -0.25) is 10.1 Å². The number of anilines is 1. The normalized spacial score (nSPS) is 10.2. The number of aryl methyl sites for hydroxylation is 1. The van der Waals surface area contributed by atoms with Crippen LogP contribution in [0.15, 0.2) is 46.9 Å². The first kappa shape index (κ1) is 13.5. The Balaban J connectivity index is 2.17. The van der Waals surface area contributed by atoms with Crippen LogP contribution in [0.2, 0.25) is 0 Å². The van der Waals surface area contributed by atoms with Crippen molar-refractivity contribution >= 4 is 27.3 Å². The highest BCUT2D eigenvalue weighted by atomic mass is 79.9. The molecule has 0 amide bonds. The van der Waals surface area contributed by atoms with Crippen molar-refractivity contribution in [3.8, 4) is 0 Å². The Kier molecular flexibility index (Phi) is 4.16. The third-order valence-corrected chi connectivity index (χ3v) is 3.22. The third kappa shape index (κ3) is 3.54. The topological polar surface area (TPSA) is 55.2 Å². The summed E-state index contributed by atoms with van der Waals surface area (Å²) in [7, 11) is 0. The van der Waals surface area contributed by atoms with Crippen molar-refractivity contribution in [1.29, 1.82) is 0 Å². The summed E-state index contributed by atoms with van der Waals surface area (Å²) in [5.74, 6) is 0. The zero-order chi connectivity index (χ0) is 13.8. The van der Waals surface area contributed by atoms with Crippen LogP contribution < -0.4 is 5.32 Å². The Hall–Kier alpha value is -1.88. The lowest BCUT2D eigenvalue weighted by Gasteiger charge is -2.08. The van der Waals surface area contributed by atoms with Crippen molar-refractivity contribution in [2.45, 2.75) is 13.5 Å². The SMILES string of the molecule is Cc1ccc(NCc2cccc(Br)c2)c([N+](=O)[O-])c1. The zero-order valence-corrected chi connectivity index (χ0v) is 12.0. The molecule has 19 heavy (non-hydrogen) atoms. The molecule has 0 spiro atoms. The van der Waals surface area contributed by atoms with E-state index in [1.54, 1.807) is 12.1 Å². The number of rotatable bonds is 4. The number of nitrogens with one attached hydrogen (secondary N) is 1. The Morgan fingerprint density at radius 2 is 2.05 bits per heavy atom. The lowest BCUT2D eigenvalue weighted by Crippen LogP contribution is -2.02. The summed E-state index contributed by atoms with van der Waals surface area (Å²) in [6.45, 7) is 2.38. The zero-order valence-electron chi connectivity index (χ0n) is 10.4. The van der Waals surface area contributed by atoms with Crippen molar-refractivity contribution in [2.24, 2.45) is 0 Å². The molecule has 2 aromatic carbocycles. The standard InChI is InChI=1S/C14H13BrN2O2/c1-10-5-6-13(14(7-10)17(18)19)16-9-11-3-2-4-12(15)8-11/h2-8,16H,9H2,1H3. The molecule has 0 aliphatic carbocycles. The van der Waals surface area contributed by atoms with Crippen LogP contribution in [0.5, 0.6) is 0 Å². The van der Waals surface area contributed by atoms with Crippen molar-refractivity contribution in [1.82, 2.24) is 0 Å². The molecule has 2 rings (SSSR count). The molecule has 5 heteroatoms. The van der Waals surface area contributed by atoms with Gasteiger partial charge in [-0.05, 0) is 36.2 Å². The molecule has 4 nitrogen and oxygen atoms in total. The molecular formula is C14H13BrN2O2. The van der Waals surface area contributed by atoms with Gasteiger partial charge in [0.1, 0.15) is 5.69 Å². The monoisotopic (exact) mass is 320 g/mol. The van der Waals surface area contributed by atoms with Crippen LogP contribution in [0.3, 0.4) is 0 Å². The second-order valence-corrected chi connectivity index (χ2v) is 5.18. The van der Waals surface area contributed by atoms with Gasteiger partial charge in [0.05, 0.1) is 4.92 Å². The molecule has 0 aliphatic heterocycles. The van der Waals surface area contributed by atoms with Gasteiger partial charge < -0.3 is 5.32 Å². The van der Waals surface area contributed by atoms with E-state index in [9.17, 15) is 10.1 Å². The Labute approximate surface area is 119 Å². The predicted molar refractivity (Wildman–Crippen MR) is 79.3 cm³/mol. The average molecular weight is 321 g/mol. The maximum Gasteiger partial charge on any atom is 0.292 e. The van der Waals surface area contributed by atoms with Crippen LogP contribution in [-0.2, 0) is 6.54 Å². The Bertz CT molecular complexity index is 614. The number of hydrogen-bond acceptors (Lipinski definition) is 3. The molecule has 0 aromatic heterocycles. The van der Waals surface area contributed by atoms with Crippen LogP contribution in [0.4, 0.5) is 11.4 Å². The second-order valence-electron chi connectivity index (χ2n) is 4.26. The number of halogens is 1. The second kappa shape index (κ2) is 5.84. The number of nitro benzene ring substituents is 1. The smallest absolute Gasteiger partial charge is 0.292 e. The fourth-order valence-corrected chi connectivity index (χ4v) is 2.23. The minimum Gasteiger partial charge on any atom is -0.375 e. The van der Waals surface area contributed by atoms with Crippen molar-refractivity contribution in [3.05, 3.63) is 68.2 Å². The van der Waals surface area contributed by atoms with Crippen LogP contribution in [0.1, 0.15) is 11.1 Å². The molecule has 0 radical (unpaired) electrons. The summed E-state index contributed by atoms with van der Waals surface area (Å²) in [5, 5.41) is 14.1. The van der Waals surface area contributed by atoms with E-state index in [2.05, 4.69) is 21.2 Å². The van der Waals surface area contributed by atoms with E-state index < -0.39 is 0 Å². The van der Waals surface area contributed by atoms with Gasteiger partial charge >= 0.3 is 0 Å². The van der Waals surface area contributed by atoms with Crippen LogP contribution in [-0.4, -0.2) is 4.92 Å². The van der Waals surface area contributed by atoms with Gasteiger partial charge in [0, 0.05) is 17.1 Å². The molecule has 2 aromatic rings. The maximum atomic E-state index is 11.0. The highest BCUT2D eigenvalue weighted by molar-refractivity contribution is 9.10. The summed E-state index contributed by atoms with van der Waals surface area (Å²) in [6, 6.07) is 13.0. The summed E-state index contributed by atoms with van der Waals surface area (Å²) < 4.78 is 0.991. The minimum absolute atomic E-state index is 0.106. The first-order valence-electron chi connectivity index (χ1n) is 5.79. The minimum atomic E-state index is -0.365. The predicted octanol–water partition coefficient (Wildman–Crippen LogP) is 4.28. The fraction of sp³-hybridized carbons (Fsp3) is 0.143. The number of nitrogens with zero attached hydrogens (tertiary/aromatic N) is 1. The highest BCUT2D eigenvalue weighted by Gasteiger charge is 2.13. The molecular weight excluding hydrogens is 308 g/mol. The fourth-order valence-electron chi connectivity index (χ4n) is 1.79. The summed E-state index contributed by atoms with van der Waals surface area (Å²) in [4.78, 5) is 10.6. The van der Waals surface area contributed by atoms with E-state index >= 15 is 0 Å². The van der Waals surface area contributed by atoms with E-state index in [1.807, 2.05) is 37.3 Å². The first-order valence-corrected chi connectivity index (χ1v) is 6.59. The quantitative estimate of drug-likeness (QED) is 0.675. The maximum absolute atomic E-state index is 11.0.